The molecule has 0 aliphatic carbocycles. The van der Waals surface area contributed by atoms with Crippen molar-refractivity contribution >= 4 is 5.97 Å². The van der Waals surface area contributed by atoms with Crippen molar-refractivity contribution in [2.45, 2.75) is 32.4 Å². The zero-order chi connectivity index (χ0) is 13.0. The highest BCUT2D eigenvalue weighted by Crippen LogP contribution is 2.25. The second-order valence-electron chi connectivity index (χ2n) is 4.07. The van der Waals surface area contributed by atoms with Crippen LogP contribution in [0.15, 0.2) is 6.20 Å². The van der Waals surface area contributed by atoms with E-state index in [0.717, 1.165) is 25.9 Å². The minimum atomic E-state index is -0.420. The molecule has 0 spiro atoms. The summed E-state index contributed by atoms with van der Waals surface area (Å²) >= 11 is 0. The van der Waals surface area contributed by atoms with Crippen molar-refractivity contribution in [3.63, 3.8) is 0 Å². The van der Waals surface area contributed by atoms with E-state index in [0.29, 0.717) is 12.2 Å². The topological polar surface area (TPSA) is 62.6 Å². The predicted molar refractivity (Wildman–Crippen MR) is 63.6 cm³/mol. The highest BCUT2D eigenvalue weighted by Gasteiger charge is 2.23. The third kappa shape index (κ3) is 2.64. The van der Waals surface area contributed by atoms with Gasteiger partial charge in [-0.05, 0) is 26.2 Å². The molecule has 0 aromatic carbocycles. The van der Waals surface area contributed by atoms with Crippen molar-refractivity contribution < 1.29 is 19.0 Å². The summed E-state index contributed by atoms with van der Waals surface area (Å²) in [6.07, 6.45) is 4.58. The molecule has 100 valence electrons. The molecule has 1 aromatic rings. The fourth-order valence-corrected chi connectivity index (χ4v) is 1.95. The van der Waals surface area contributed by atoms with Crippen LogP contribution < -0.4 is 4.74 Å². The lowest BCUT2D eigenvalue weighted by Gasteiger charge is -2.22. The van der Waals surface area contributed by atoms with E-state index in [1.54, 1.807) is 17.8 Å². The number of hydrogen-bond acceptors (Lipinski definition) is 5. The van der Waals surface area contributed by atoms with Crippen molar-refractivity contribution in [3.8, 4) is 5.88 Å². The first-order valence-electron chi connectivity index (χ1n) is 6.18. The van der Waals surface area contributed by atoms with E-state index in [-0.39, 0.29) is 12.1 Å². The molecule has 0 bridgehead atoms. The van der Waals surface area contributed by atoms with Gasteiger partial charge >= 0.3 is 5.97 Å². The molecule has 0 amide bonds. The Morgan fingerprint density at radius 1 is 1.61 bits per heavy atom. The highest BCUT2D eigenvalue weighted by atomic mass is 16.5. The lowest BCUT2D eigenvalue weighted by Crippen LogP contribution is -2.18. The van der Waals surface area contributed by atoms with Crippen LogP contribution in [0.5, 0.6) is 5.88 Å². The van der Waals surface area contributed by atoms with Crippen LogP contribution in [0.25, 0.3) is 0 Å². The van der Waals surface area contributed by atoms with Crippen molar-refractivity contribution in [1.82, 2.24) is 9.78 Å². The first kappa shape index (κ1) is 12.9. The predicted octanol–water partition coefficient (Wildman–Crippen LogP) is 1.77. The summed E-state index contributed by atoms with van der Waals surface area (Å²) in [5.74, 6) is -0.140. The van der Waals surface area contributed by atoms with E-state index in [4.69, 9.17) is 14.2 Å². The standard InChI is InChI=1S/C12H18N2O4/c1-3-17-12(15)9-8-14(13-11(9)16-2)10-6-4-5-7-18-10/h8,10H,3-7H2,1-2H3. The molecule has 1 atom stereocenters. The van der Waals surface area contributed by atoms with Gasteiger partial charge in [-0.3, -0.25) is 0 Å². The zero-order valence-electron chi connectivity index (χ0n) is 10.7. The van der Waals surface area contributed by atoms with Crippen LogP contribution in [0.3, 0.4) is 0 Å². The van der Waals surface area contributed by atoms with E-state index >= 15 is 0 Å². The van der Waals surface area contributed by atoms with Crippen LogP contribution in [0.1, 0.15) is 42.8 Å². The van der Waals surface area contributed by atoms with E-state index in [1.807, 2.05) is 0 Å². The first-order valence-corrected chi connectivity index (χ1v) is 6.18. The molecule has 0 radical (unpaired) electrons. The average Bonchev–Trinajstić information content (AvgIpc) is 2.84. The van der Waals surface area contributed by atoms with Gasteiger partial charge in [0.15, 0.2) is 0 Å². The number of carbonyl (C=O) groups is 1. The number of esters is 1. The maximum atomic E-state index is 11.7. The molecule has 1 fully saturated rings. The molecule has 0 N–H and O–H groups in total. The molecule has 18 heavy (non-hydrogen) atoms. The summed E-state index contributed by atoms with van der Waals surface area (Å²) in [6.45, 7) is 2.81. The summed E-state index contributed by atoms with van der Waals surface area (Å²) < 4.78 is 17.3. The number of rotatable bonds is 4. The number of methoxy groups -OCH3 is 1. The zero-order valence-corrected chi connectivity index (χ0v) is 10.7. The van der Waals surface area contributed by atoms with Crippen molar-refractivity contribution in [1.29, 1.82) is 0 Å². The Morgan fingerprint density at radius 3 is 3.06 bits per heavy atom. The number of hydrogen-bond donors (Lipinski definition) is 0. The second-order valence-corrected chi connectivity index (χ2v) is 4.07. The number of nitrogens with zero attached hydrogens (tertiary/aromatic N) is 2. The molecule has 1 saturated heterocycles. The minimum absolute atomic E-state index is 0.115. The Morgan fingerprint density at radius 2 is 2.44 bits per heavy atom. The van der Waals surface area contributed by atoms with Gasteiger partial charge in [-0.1, -0.05) is 0 Å². The smallest absolute Gasteiger partial charge is 0.345 e. The van der Waals surface area contributed by atoms with Gasteiger partial charge in [0, 0.05) is 12.8 Å². The number of aromatic nitrogens is 2. The summed E-state index contributed by atoms with van der Waals surface area (Å²) in [7, 11) is 1.48. The van der Waals surface area contributed by atoms with Gasteiger partial charge in [0.1, 0.15) is 11.8 Å². The summed E-state index contributed by atoms with van der Waals surface area (Å²) in [6, 6.07) is 0. The largest absolute Gasteiger partial charge is 0.479 e. The van der Waals surface area contributed by atoms with E-state index in [1.165, 1.54) is 7.11 Å². The molecule has 2 heterocycles. The van der Waals surface area contributed by atoms with Crippen LogP contribution in [0.2, 0.25) is 0 Å². The molecule has 6 nitrogen and oxygen atoms in total. The van der Waals surface area contributed by atoms with Crippen molar-refractivity contribution in [2.75, 3.05) is 20.3 Å². The minimum Gasteiger partial charge on any atom is -0.479 e. The SMILES string of the molecule is CCOC(=O)c1cn(C2CCCCO2)nc1OC. The Hall–Kier alpha value is -1.56. The van der Waals surface area contributed by atoms with Crippen molar-refractivity contribution in [3.05, 3.63) is 11.8 Å². The maximum absolute atomic E-state index is 11.7. The summed E-state index contributed by atoms with van der Waals surface area (Å²) in [4.78, 5) is 11.7. The molecular weight excluding hydrogens is 236 g/mol. The van der Waals surface area contributed by atoms with Gasteiger partial charge in [0.25, 0.3) is 0 Å². The first-order chi connectivity index (χ1) is 8.76. The third-order valence-corrected chi connectivity index (χ3v) is 2.84. The molecule has 1 aromatic heterocycles. The van der Waals surface area contributed by atoms with Gasteiger partial charge in [-0.15, -0.1) is 5.10 Å². The summed E-state index contributed by atoms with van der Waals surface area (Å²) in [5, 5.41) is 4.22. The van der Waals surface area contributed by atoms with Crippen LogP contribution in [-0.2, 0) is 9.47 Å². The lowest BCUT2D eigenvalue weighted by molar-refractivity contribution is -0.0399. The Balaban J connectivity index is 2.19. The van der Waals surface area contributed by atoms with Crippen LogP contribution in [-0.4, -0.2) is 36.1 Å². The van der Waals surface area contributed by atoms with Gasteiger partial charge < -0.3 is 14.2 Å². The van der Waals surface area contributed by atoms with E-state index < -0.39 is 5.97 Å². The van der Waals surface area contributed by atoms with Gasteiger partial charge in [-0.2, -0.15) is 0 Å². The Labute approximate surface area is 106 Å². The quantitative estimate of drug-likeness (QED) is 0.766. The molecule has 1 unspecified atom stereocenters. The molecule has 0 saturated carbocycles. The van der Waals surface area contributed by atoms with Gasteiger partial charge in [-0.25, -0.2) is 9.48 Å². The molecule has 6 heteroatoms. The number of ether oxygens (including phenoxy) is 3. The second kappa shape index (κ2) is 5.86. The van der Waals surface area contributed by atoms with E-state index in [9.17, 15) is 4.79 Å². The van der Waals surface area contributed by atoms with Gasteiger partial charge in [0.2, 0.25) is 5.88 Å². The fraction of sp³-hybridized carbons (Fsp3) is 0.667. The van der Waals surface area contributed by atoms with E-state index in [2.05, 4.69) is 5.10 Å². The Kier molecular flexibility index (Phi) is 4.19. The Bertz CT molecular complexity index is 410. The molecule has 2 rings (SSSR count). The monoisotopic (exact) mass is 254 g/mol. The maximum Gasteiger partial charge on any atom is 0.345 e. The highest BCUT2D eigenvalue weighted by molar-refractivity contribution is 5.91. The molecule has 1 aliphatic rings. The normalized spacial score (nSPS) is 19.6. The van der Waals surface area contributed by atoms with Crippen molar-refractivity contribution in [2.24, 2.45) is 0 Å². The van der Waals surface area contributed by atoms with Crippen LogP contribution >= 0.6 is 0 Å². The van der Waals surface area contributed by atoms with Crippen LogP contribution in [0, 0.1) is 0 Å². The molecule has 1 aliphatic heterocycles. The summed E-state index contributed by atoms with van der Waals surface area (Å²) in [5.41, 5.74) is 0.341. The van der Waals surface area contributed by atoms with Crippen LogP contribution in [0.4, 0.5) is 0 Å². The molecular formula is C12H18N2O4. The average molecular weight is 254 g/mol. The lowest BCUT2D eigenvalue weighted by atomic mass is 10.2. The third-order valence-electron chi connectivity index (χ3n) is 2.84. The fourth-order valence-electron chi connectivity index (χ4n) is 1.95. The number of carbonyl (C=O) groups excluding carboxylic acids is 1. The van der Waals surface area contributed by atoms with Gasteiger partial charge in [0.05, 0.1) is 13.7 Å².